The lowest BCUT2D eigenvalue weighted by atomic mass is 10.0. The lowest BCUT2D eigenvalue weighted by Gasteiger charge is -2.07. The second kappa shape index (κ2) is 6.43. The minimum atomic E-state index is -1.02. The molecule has 110 valence electrons. The smallest absolute Gasteiger partial charge is 0.320 e. The van der Waals surface area contributed by atoms with Gasteiger partial charge in [0.25, 0.3) is 0 Å². The second-order valence-corrected chi connectivity index (χ2v) is 4.47. The van der Waals surface area contributed by atoms with Gasteiger partial charge in [0, 0.05) is 30.1 Å². The molecule has 0 radical (unpaired) electrons. The maximum absolute atomic E-state index is 10.8. The summed E-state index contributed by atoms with van der Waals surface area (Å²) in [4.78, 5) is 10.8. The fourth-order valence-corrected chi connectivity index (χ4v) is 2.20. The fourth-order valence-electron chi connectivity index (χ4n) is 2.20. The number of rotatable bonds is 3. The molecule has 0 saturated heterocycles. The van der Waals surface area contributed by atoms with E-state index in [0.29, 0.717) is 0 Å². The normalized spacial score (nSPS) is 11.8. The van der Waals surface area contributed by atoms with E-state index in [2.05, 4.69) is 0 Å². The van der Waals surface area contributed by atoms with Gasteiger partial charge in [0.1, 0.15) is 11.8 Å². The van der Waals surface area contributed by atoms with Gasteiger partial charge in [-0.2, -0.15) is 0 Å². The summed E-state index contributed by atoms with van der Waals surface area (Å²) in [6.45, 7) is 5.92. The van der Waals surface area contributed by atoms with Crippen LogP contribution in [-0.2, 0) is 18.3 Å². The van der Waals surface area contributed by atoms with Crippen LogP contribution in [0, 0.1) is 6.92 Å². The average Bonchev–Trinajstić information content (AvgIpc) is 2.65. The van der Waals surface area contributed by atoms with E-state index in [-0.39, 0.29) is 12.2 Å². The van der Waals surface area contributed by atoms with Gasteiger partial charge in [-0.3, -0.25) is 4.79 Å². The number of nitrogens with zero attached hydrogens (tertiary/aromatic N) is 1. The summed E-state index contributed by atoms with van der Waals surface area (Å²) in [6.07, 6.45) is 0.252. The minimum Gasteiger partial charge on any atom is -0.508 e. The molecular weight excluding hydrogens is 256 g/mol. The first-order valence-electron chi connectivity index (χ1n) is 6.67. The van der Waals surface area contributed by atoms with E-state index in [1.165, 1.54) is 0 Å². The lowest BCUT2D eigenvalue weighted by Crippen LogP contribution is -2.32. The molecule has 0 spiro atoms. The maximum atomic E-state index is 10.8. The molecule has 5 nitrogen and oxygen atoms in total. The van der Waals surface area contributed by atoms with E-state index in [9.17, 15) is 9.90 Å². The molecular formula is C15H22N2O3. The van der Waals surface area contributed by atoms with E-state index < -0.39 is 12.0 Å². The summed E-state index contributed by atoms with van der Waals surface area (Å²) in [5, 5.41) is 19.3. The third-order valence-electron chi connectivity index (χ3n) is 3.35. The van der Waals surface area contributed by atoms with Gasteiger partial charge in [-0.1, -0.05) is 13.8 Å². The number of nitrogens with two attached hydrogens (primary N) is 1. The van der Waals surface area contributed by atoms with Crippen LogP contribution in [-0.4, -0.2) is 26.8 Å². The van der Waals surface area contributed by atoms with E-state index in [1.807, 2.05) is 38.5 Å². The number of phenolic OH excluding ortho intramolecular Hbond substituents is 1. The summed E-state index contributed by atoms with van der Waals surface area (Å²) >= 11 is 0. The van der Waals surface area contributed by atoms with Crippen LogP contribution >= 0.6 is 0 Å². The molecule has 0 aliphatic carbocycles. The van der Waals surface area contributed by atoms with Gasteiger partial charge in [-0.05, 0) is 30.7 Å². The van der Waals surface area contributed by atoms with Crippen LogP contribution in [0.15, 0.2) is 18.2 Å². The Hall–Kier alpha value is -2.01. The summed E-state index contributed by atoms with van der Waals surface area (Å²) in [5.74, 6) is -0.857. The molecule has 0 saturated carbocycles. The van der Waals surface area contributed by atoms with Crippen LogP contribution in [0.2, 0.25) is 0 Å². The first kappa shape index (κ1) is 16.0. The molecule has 0 aliphatic rings. The molecule has 2 rings (SSSR count). The molecule has 1 unspecified atom stereocenters. The van der Waals surface area contributed by atoms with Crippen molar-refractivity contribution in [2.24, 2.45) is 12.8 Å². The zero-order valence-corrected chi connectivity index (χ0v) is 12.3. The van der Waals surface area contributed by atoms with Crippen LogP contribution in [0.4, 0.5) is 0 Å². The molecule has 5 heteroatoms. The highest BCUT2D eigenvalue weighted by Crippen LogP contribution is 2.28. The van der Waals surface area contributed by atoms with Gasteiger partial charge in [-0.25, -0.2) is 0 Å². The molecule has 1 heterocycles. The number of aliphatic carboxylic acids is 1. The molecule has 1 aromatic heterocycles. The number of carbonyl (C=O) groups is 1. The molecule has 0 bridgehead atoms. The molecule has 20 heavy (non-hydrogen) atoms. The van der Waals surface area contributed by atoms with Gasteiger partial charge in [0.05, 0.1) is 0 Å². The Morgan fingerprint density at radius 3 is 2.55 bits per heavy atom. The summed E-state index contributed by atoms with van der Waals surface area (Å²) in [5.41, 5.74) is 8.38. The number of phenols is 1. The minimum absolute atomic E-state index is 0.165. The highest BCUT2D eigenvalue weighted by Gasteiger charge is 2.18. The van der Waals surface area contributed by atoms with Crippen LogP contribution < -0.4 is 5.73 Å². The summed E-state index contributed by atoms with van der Waals surface area (Å²) in [6, 6.07) is 4.14. The Labute approximate surface area is 118 Å². The predicted octanol–water partition coefficient (Wildman–Crippen LogP) is 2.17. The molecule has 0 fully saturated rings. The van der Waals surface area contributed by atoms with Crippen LogP contribution in [0.25, 0.3) is 10.9 Å². The molecule has 1 atom stereocenters. The van der Waals surface area contributed by atoms with Crippen molar-refractivity contribution in [3.8, 4) is 5.75 Å². The Morgan fingerprint density at radius 2 is 2.00 bits per heavy atom. The Kier molecular flexibility index (Phi) is 5.16. The van der Waals surface area contributed by atoms with Crippen molar-refractivity contribution in [2.45, 2.75) is 33.2 Å². The third-order valence-corrected chi connectivity index (χ3v) is 3.35. The quantitative estimate of drug-likeness (QED) is 0.802. The molecule has 2 aromatic rings. The summed E-state index contributed by atoms with van der Waals surface area (Å²) in [7, 11) is 1.91. The molecule has 4 N–H and O–H groups in total. The number of fused-ring (bicyclic) bond motifs is 1. The van der Waals surface area contributed by atoms with E-state index >= 15 is 0 Å². The topological polar surface area (TPSA) is 88.5 Å². The first-order valence-corrected chi connectivity index (χ1v) is 6.67. The van der Waals surface area contributed by atoms with Crippen LogP contribution in [0.3, 0.4) is 0 Å². The van der Waals surface area contributed by atoms with Crippen molar-refractivity contribution >= 4 is 16.9 Å². The van der Waals surface area contributed by atoms with Crippen molar-refractivity contribution < 1.29 is 15.0 Å². The van der Waals surface area contributed by atoms with Crippen molar-refractivity contribution in [2.75, 3.05) is 0 Å². The maximum Gasteiger partial charge on any atom is 0.320 e. The van der Waals surface area contributed by atoms with Crippen molar-refractivity contribution in [3.63, 3.8) is 0 Å². The number of carboxylic acids is 1. The van der Waals surface area contributed by atoms with Crippen molar-refractivity contribution in [3.05, 3.63) is 29.5 Å². The second-order valence-electron chi connectivity index (χ2n) is 4.47. The molecule has 1 aromatic carbocycles. The summed E-state index contributed by atoms with van der Waals surface area (Å²) < 4.78 is 1.97. The van der Waals surface area contributed by atoms with Gasteiger partial charge in [-0.15, -0.1) is 0 Å². The zero-order valence-electron chi connectivity index (χ0n) is 12.3. The SMILES string of the molecule is CC.Cc1c(CC(N)C(=O)O)c2cc(O)ccc2n1C. The van der Waals surface area contributed by atoms with Crippen LogP contribution in [0.5, 0.6) is 5.75 Å². The van der Waals surface area contributed by atoms with E-state index in [0.717, 1.165) is 22.2 Å². The fraction of sp³-hybridized carbons (Fsp3) is 0.400. The Morgan fingerprint density at radius 1 is 1.40 bits per heavy atom. The Balaban J connectivity index is 0.000000956. The lowest BCUT2D eigenvalue weighted by molar-refractivity contribution is -0.138. The van der Waals surface area contributed by atoms with Crippen LogP contribution in [0.1, 0.15) is 25.1 Å². The van der Waals surface area contributed by atoms with Gasteiger partial charge < -0.3 is 20.5 Å². The van der Waals surface area contributed by atoms with Gasteiger partial charge in [0.2, 0.25) is 0 Å². The zero-order chi connectivity index (χ0) is 15.4. The number of benzene rings is 1. The van der Waals surface area contributed by atoms with Crippen molar-refractivity contribution in [1.82, 2.24) is 4.57 Å². The van der Waals surface area contributed by atoms with E-state index in [4.69, 9.17) is 10.8 Å². The largest absolute Gasteiger partial charge is 0.508 e. The Bertz CT molecular complexity index is 617. The number of hydrogen-bond donors (Lipinski definition) is 3. The standard InChI is InChI=1S/C13H16N2O3.C2H6/c1-7-9(6-11(14)13(17)18)10-5-8(16)3-4-12(10)15(7)2;1-2/h3-5,11,16H,6,14H2,1-2H3,(H,17,18);1-2H3. The number of carboxylic acid groups (broad SMARTS) is 1. The number of aryl methyl sites for hydroxylation is 1. The first-order chi connectivity index (χ1) is 9.41. The highest BCUT2D eigenvalue weighted by molar-refractivity contribution is 5.87. The molecule has 0 aliphatic heterocycles. The van der Waals surface area contributed by atoms with Gasteiger partial charge in [0.15, 0.2) is 0 Å². The third kappa shape index (κ3) is 2.93. The number of aromatic nitrogens is 1. The number of hydrogen-bond acceptors (Lipinski definition) is 3. The van der Waals surface area contributed by atoms with E-state index in [1.54, 1.807) is 12.1 Å². The predicted molar refractivity (Wildman–Crippen MR) is 80.0 cm³/mol. The van der Waals surface area contributed by atoms with Gasteiger partial charge >= 0.3 is 5.97 Å². The number of aromatic hydroxyl groups is 1. The molecule has 0 amide bonds. The monoisotopic (exact) mass is 278 g/mol. The highest BCUT2D eigenvalue weighted by atomic mass is 16.4. The van der Waals surface area contributed by atoms with Crippen molar-refractivity contribution in [1.29, 1.82) is 0 Å². The average molecular weight is 278 g/mol.